The summed E-state index contributed by atoms with van der Waals surface area (Å²) in [6.07, 6.45) is -0.548. The summed E-state index contributed by atoms with van der Waals surface area (Å²) in [6, 6.07) is 15.2. The topological polar surface area (TPSA) is 49.7 Å². The average molecular weight is 258 g/mol. The van der Waals surface area contributed by atoms with E-state index in [0.717, 1.165) is 11.1 Å². The van der Waals surface area contributed by atoms with Crippen LogP contribution >= 0.6 is 0 Å². The maximum absolute atomic E-state index is 9.52. The summed E-state index contributed by atoms with van der Waals surface area (Å²) in [5, 5.41) is 18.9. The molecular formula is C16H18O3. The van der Waals surface area contributed by atoms with Gasteiger partial charge in [-0.25, -0.2) is 0 Å². The second kappa shape index (κ2) is 6.36. The highest BCUT2D eigenvalue weighted by Crippen LogP contribution is 2.24. The Labute approximate surface area is 113 Å². The Morgan fingerprint density at radius 1 is 1.11 bits per heavy atom. The zero-order chi connectivity index (χ0) is 13.7. The molecule has 0 saturated heterocycles. The quantitative estimate of drug-likeness (QED) is 0.867. The molecular weight excluding hydrogens is 240 g/mol. The summed E-state index contributed by atoms with van der Waals surface area (Å²) in [5.74, 6) is 0.649. The highest BCUT2D eigenvalue weighted by atomic mass is 16.5. The van der Waals surface area contributed by atoms with Crippen LogP contribution in [0.5, 0.6) is 5.75 Å². The maximum Gasteiger partial charge on any atom is 0.125 e. The molecule has 2 N–H and O–H groups in total. The molecule has 3 heteroatoms. The minimum atomic E-state index is -0.548. The number of hydrogen-bond acceptors (Lipinski definition) is 3. The van der Waals surface area contributed by atoms with Crippen LogP contribution in [0.1, 0.15) is 29.7 Å². The van der Waals surface area contributed by atoms with E-state index in [4.69, 9.17) is 4.74 Å². The molecule has 0 fully saturated rings. The fourth-order valence-electron chi connectivity index (χ4n) is 1.86. The van der Waals surface area contributed by atoms with E-state index in [0.29, 0.717) is 17.9 Å². The molecule has 1 atom stereocenters. The van der Waals surface area contributed by atoms with Crippen molar-refractivity contribution >= 4 is 0 Å². The Morgan fingerprint density at radius 3 is 2.47 bits per heavy atom. The number of benzene rings is 2. The van der Waals surface area contributed by atoms with Gasteiger partial charge in [0.05, 0.1) is 12.7 Å². The summed E-state index contributed by atoms with van der Waals surface area (Å²) >= 11 is 0. The van der Waals surface area contributed by atoms with E-state index >= 15 is 0 Å². The van der Waals surface area contributed by atoms with Gasteiger partial charge < -0.3 is 14.9 Å². The normalized spacial score (nSPS) is 12.2. The number of aliphatic hydroxyl groups is 2. The molecule has 100 valence electrons. The monoisotopic (exact) mass is 258 g/mol. The SMILES string of the molecule is CC(O)c1ccc(OCc2ccccc2)c(CO)c1. The zero-order valence-corrected chi connectivity index (χ0v) is 10.9. The van der Waals surface area contributed by atoms with Gasteiger partial charge in [0.25, 0.3) is 0 Å². The van der Waals surface area contributed by atoms with E-state index in [1.54, 1.807) is 19.1 Å². The molecule has 19 heavy (non-hydrogen) atoms. The smallest absolute Gasteiger partial charge is 0.125 e. The Hall–Kier alpha value is -1.84. The molecule has 2 aromatic carbocycles. The highest BCUT2D eigenvalue weighted by Gasteiger charge is 2.07. The summed E-state index contributed by atoms with van der Waals surface area (Å²) in [4.78, 5) is 0. The average Bonchev–Trinajstić information content (AvgIpc) is 2.45. The lowest BCUT2D eigenvalue weighted by Crippen LogP contribution is -2.00. The number of aliphatic hydroxyl groups excluding tert-OH is 2. The van der Waals surface area contributed by atoms with Crippen LogP contribution in [0.3, 0.4) is 0 Å². The first kappa shape index (κ1) is 13.6. The molecule has 0 aliphatic carbocycles. The first-order valence-electron chi connectivity index (χ1n) is 6.29. The van der Waals surface area contributed by atoms with Gasteiger partial charge in [0.2, 0.25) is 0 Å². The first-order chi connectivity index (χ1) is 9.20. The van der Waals surface area contributed by atoms with E-state index in [-0.39, 0.29) is 6.61 Å². The van der Waals surface area contributed by atoms with E-state index in [1.165, 1.54) is 0 Å². The third kappa shape index (κ3) is 3.56. The van der Waals surface area contributed by atoms with E-state index in [9.17, 15) is 10.2 Å². The summed E-state index contributed by atoms with van der Waals surface area (Å²) in [5.41, 5.74) is 2.54. The van der Waals surface area contributed by atoms with Crippen molar-refractivity contribution in [3.63, 3.8) is 0 Å². The third-order valence-corrected chi connectivity index (χ3v) is 2.97. The molecule has 2 rings (SSSR count). The largest absolute Gasteiger partial charge is 0.489 e. The van der Waals surface area contributed by atoms with Crippen molar-refractivity contribution < 1.29 is 14.9 Å². The second-order valence-electron chi connectivity index (χ2n) is 4.48. The Kier molecular flexibility index (Phi) is 4.55. The van der Waals surface area contributed by atoms with E-state index in [1.807, 2.05) is 36.4 Å². The lowest BCUT2D eigenvalue weighted by molar-refractivity contribution is 0.198. The Balaban J connectivity index is 2.12. The zero-order valence-electron chi connectivity index (χ0n) is 10.9. The van der Waals surface area contributed by atoms with Crippen LogP contribution in [0.25, 0.3) is 0 Å². The molecule has 2 aromatic rings. The molecule has 1 unspecified atom stereocenters. The predicted octanol–water partition coefficient (Wildman–Crippen LogP) is 2.81. The predicted molar refractivity (Wildman–Crippen MR) is 73.8 cm³/mol. The number of ether oxygens (including phenoxy) is 1. The Bertz CT molecular complexity index is 521. The van der Waals surface area contributed by atoms with Gasteiger partial charge in [0.1, 0.15) is 12.4 Å². The molecule has 0 radical (unpaired) electrons. The van der Waals surface area contributed by atoms with Crippen molar-refractivity contribution in [1.29, 1.82) is 0 Å². The summed E-state index contributed by atoms with van der Waals surface area (Å²) in [6.45, 7) is 2.05. The van der Waals surface area contributed by atoms with Gasteiger partial charge in [-0.05, 0) is 30.2 Å². The second-order valence-corrected chi connectivity index (χ2v) is 4.48. The van der Waals surface area contributed by atoms with Gasteiger partial charge in [-0.3, -0.25) is 0 Å². The van der Waals surface area contributed by atoms with Crippen LogP contribution in [0.4, 0.5) is 0 Å². The molecule has 0 aromatic heterocycles. The van der Waals surface area contributed by atoms with Gasteiger partial charge in [-0.2, -0.15) is 0 Å². The van der Waals surface area contributed by atoms with Crippen molar-refractivity contribution in [2.24, 2.45) is 0 Å². The Morgan fingerprint density at radius 2 is 1.84 bits per heavy atom. The maximum atomic E-state index is 9.52. The van der Waals surface area contributed by atoms with E-state index in [2.05, 4.69) is 0 Å². The molecule has 0 aliphatic rings. The fourth-order valence-corrected chi connectivity index (χ4v) is 1.86. The van der Waals surface area contributed by atoms with Gasteiger partial charge in [0.15, 0.2) is 0 Å². The number of hydrogen-bond donors (Lipinski definition) is 2. The van der Waals surface area contributed by atoms with Crippen molar-refractivity contribution in [3.05, 3.63) is 65.2 Å². The van der Waals surface area contributed by atoms with Crippen molar-refractivity contribution in [2.45, 2.75) is 26.2 Å². The van der Waals surface area contributed by atoms with Gasteiger partial charge in [0, 0.05) is 5.56 Å². The van der Waals surface area contributed by atoms with Crippen LogP contribution in [0.2, 0.25) is 0 Å². The van der Waals surface area contributed by atoms with Crippen LogP contribution in [-0.2, 0) is 13.2 Å². The molecule has 0 amide bonds. The minimum absolute atomic E-state index is 0.106. The van der Waals surface area contributed by atoms with Crippen molar-refractivity contribution in [2.75, 3.05) is 0 Å². The van der Waals surface area contributed by atoms with Crippen LogP contribution in [0.15, 0.2) is 48.5 Å². The van der Waals surface area contributed by atoms with Crippen LogP contribution in [-0.4, -0.2) is 10.2 Å². The lowest BCUT2D eigenvalue weighted by atomic mass is 10.1. The number of rotatable bonds is 5. The minimum Gasteiger partial charge on any atom is -0.489 e. The molecule has 0 aliphatic heterocycles. The standard InChI is InChI=1S/C16H18O3/c1-12(18)14-7-8-16(15(9-14)10-17)19-11-13-5-3-2-4-6-13/h2-9,12,17-18H,10-11H2,1H3. The first-order valence-corrected chi connectivity index (χ1v) is 6.29. The van der Waals surface area contributed by atoms with Crippen LogP contribution in [0, 0.1) is 0 Å². The molecule has 0 saturated carbocycles. The highest BCUT2D eigenvalue weighted by molar-refractivity contribution is 5.37. The van der Waals surface area contributed by atoms with Gasteiger partial charge in [-0.1, -0.05) is 36.4 Å². The molecule has 0 spiro atoms. The van der Waals surface area contributed by atoms with Gasteiger partial charge >= 0.3 is 0 Å². The lowest BCUT2D eigenvalue weighted by Gasteiger charge is -2.13. The molecule has 3 nitrogen and oxygen atoms in total. The fraction of sp³-hybridized carbons (Fsp3) is 0.250. The molecule has 0 heterocycles. The van der Waals surface area contributed by atoms with Crippen molar-refractivity contribution in [1.82, 2.24) is 0 Å². The summed E-state index contributed by atoms with van der Waals surface area (Å²) in [7, 11) is 0. The van der Waals surface area contributed by atoms with Crippen molar-refractivity contribution in [3.8, 4) is 5.75 Å². The van der Waals surface area contributed by atoms with Crippen LogP contribution < -0.4 is 4.74 Å². The summed E-state index contributed by atoms with van der Waals surface area (Å²) < 4.78 is 5.71. The third-order valence-electron chi connectivity index (χ3n) is 2.97. The van der Waals surface area contributed by atoms with Gasteiger partial charge in [-0.15, -0.1) is 0 Å². The molecule has 0 bridgehead atoms. The van der Waals surface area contributed by atoms with E-state index < -0.39 is 6.10 Å².